The summed E-state index contributed by atoms with van der Waals surface area (Å²) in [6.07, 6.45) is 0. The number of amides is 1. The van der Waals surface area contributed by atoms with Gasteiger partial charge in [-0.05, 0) is 44.2 Å². The summed E-state index contributed by atoms with van der Waals surface area (Å²) in [7, 11) is 2.09. The Kier molecular flexibility index (Phi) is 5.05. The monoisotopic (exact) mass is 339 g/mol. The van der Waals surface area contributed by atoms with E-state index in [9.17, 15) is 4.79 Å². The molecule has 0 atom stereocenters. The maximum absolute atomic E-state index is 12.2. The predicted molar refractivity (Wildman–Crippen MR) is 86.2 cm³/mol. The highest BCUT2D eigenvalue weighted by atomic mass is 79.9. The lowest BCUT2D eigenvalue weighted by Crippen LogP contribution is -2.48. The third kappa shape index (κ3) is 3.73. The van der Waals surface area contributed by atoms with Crippen LogP contribution in [0.3, 0.4) is 0 Å². The minimum Gasteiger partial charge on any atom is -0.376 e. The van der Waals surface area contributed by atoms with Crippen molar-refractivity contribution in [1.82, 2.24) is 9.80 Å². The number of benzene rings is 1. The fourth-order valence-electron chi connectivity index (χ4n) is 2.39. The maximum atomic E-state index is 12.2. The van der Waals surface area contributed by atoms with Gasteiger partial charge in [-0.1, -0.05) is 15.9 Å². The molecule has 0 radical (unpaired) electrons. The molecule has 1 amide bonds. The smallest absolute Gasteiger partial charge is 0.241 e. The number of anilines is 1. The van der Waals surface area contributed by atoms with Gasteiger partial charge in [-0.3, -0.25) is 4.79 Å². The number of carbonyl (C=O) groups excluding carboxylic acids is 1. The standard InChI is InChI=1S/C15H22BrN3O/c1-11-8-13(9-12(2)15(11)16)17-10-14(20)19-6-4-18(3)5-7-19/h8-9,17H,4-7,10H2,1-3H3. The van der Waals surface area contributed by atoms with E-state index in [0.717, 1.165) is 36.3 Å². The SMILES string of the molecule is Cc1cc(NCC(=O)N2CCN(C)CC2)cc(C)c1Br. The summed E-state index contributed by atoms with van der Waals surface area (Å²) in [6.45, 7) is 8.06. The molecule has 1 heterocycles. The molecule has 20 heavy (non-hydrogen) atoms. The second-order valence-corrected chi connectivity index (χ2v) is 6.25. The van der Waals surface area contributed by atoms with Crippen molar-refractivity contribution in [2.75, 3.05) is 45.1 Å². The summed E-state index contributed by atoms with van der Waals surface area (Å²) in [4.78, 5) is 16.3. The number of nitrogens with zero attached hydrogens (tertiary/aromatic N) is 2. The van der Waals surface area contributed by atoms with Gasteiger partial charge >= 0.3 is 0 Å². The number of carbonyl (C=O) groups is 1. The molecule has 110 valence electrons. The average molecular weight is 340 g/mol. The first-order valence-corrected chi connectivity index (χ1v) is 7.73. The van der Waals surface area contributed by atoms with Crippen LogP contribution in [-0.4, -0.2) is 55.5 Å². The first-order chi connectivity index (χ1) is 9.47. The van der Waals surface area contributed by atoms with Crippen molar-refractivity contribution >= 4 is 27.5 Å². The molecule has 0 bridgehead atoms. The first kappa shape index (κ1) is 15.3. The molecule has 1 aromatic carbocycles. The molecule has 1 aliphatic rings. The lowest BCUT2D eigenvalue weighted by Gasteiger charge is -2.32. The molecule has 0 unspecified atom stereocenters. The van der Waals surface area contributed by atoms with E-state index in [-0.39, 0.29) is 5.91 Å². The fourth-order valence-corrected chi connectivity index (χ4v) is 2.62. The summed E-state index contributed by atoms with van der Waals surface area (Å²) < 4.78 is 1.13. The molecule has 1 N–H and O–H groups in total. The van der Waals surface area contributed by atoms with Gasteiger partial charge in [0.2, 0.25) is 5.91 Å². The van der Waals surface area contributed by atoms with Crippen LogP contribution in [0.15, 0.2) is 16.6 Å². The lowest BCUT2D eigenvalue weighted by molar-refractivity contribution is -0.130. The molecule has 0 saturated carbocycles. The van der Waals surface area contributed by atoms with E-state index in [2.05, 4.69) is 59.2 Å². The molecule has 1 aliphatic heterocycles. The summed E-state index contributed by atoms with van der Waals surface area (Å²) in [5.74, 6) is 0.177. The number of rotatable bonds is 3. The van der Waals surface area contributed by atoms with E-state index >= 15 is 0 Å². The van der Waals surface area contributed by atoms with Crippen molar-refractivity contribution in [3.63, 3.8) is 0 Å². The highest BCUT2D eigenvalue weighted by Crippen LogP contribution is 2.24. The molecule has 0 aliphatic carbocycles. The molecule has 0 aromatic heterocycles. The Morgan fingerprint density at radius 3 is 2.30 bits per heavy atom. The molecule has 4 nitrogen and oxygen atoms in total. The zero-order chi connectivity index (χ0) is 14.7. The number of hydrogen-bond acceptors (Lipinski definition) is 3. The van der Waals surface area contributed by atoms with Gasteiger partial charge in [-0.25, -0.2) is 0 Å². The van der Waals surface area contributed by atoms with Crippen LogP contribution in [0, 0.1) is 13.8 Å². The summed E-state index contributed by atoms with van der Waals surface area (Å²) >= 11 is 3.55. The molecule has 1 saturated heterocycles. The first-order valence-electron chi connectivity index (χ1n) is 6.94. The molecule has 1 aromatic rings. The van der Waals surface area contributed by atoms with Crippen LogP contribution in [0.25, 0.3) is 0 Å². The fraction of sp³-hybridized carbons (Fsp3) is 0.533. The van der Waals surface area contributed by atoms with Crippen LogP contribution in [0.5, 0.6) is 0 Å². The van der Waals surface area contributed by atoms with Crippen LogP contribution < -0.4 is 5.32 Å². The van der Waals surface area contributed by atoms with E-state index in [4.69, 9.17) is 0 Å². The zero-order valence-electron chi connectivity index (χ0n) is 12.4. The Morgan fingerprint density at radius 2 is 1.75 bits per heavy atom. The van der Waals surface area contributed by atoms with Crippen LogP contribution in [0.2, 0.25) is 0 Å². The Bertz CT molecular complexity index is 473. The van der Waals surface area contributed by atoms with E-state index < -0.39 is 0 Å². The Hall–Kier alpha value is -1.07. The zero-order valence-corrected chi connectivity index (χ0v) is 14.0. The molecular weight excluding hydrogens is 318 g/mol. The molecule has 5 heteroatoms. The van der Waals surface area contributed by atoms with Crippen molar-refractivity contribution < 1.29 is 4.79 Å². The van der Waals surface area contributed by atoms with Crippen molar-refractivity contribution in [2.45, 2.75) is 13.8 Å². The highest BCUT2D eigenvalue weighted by molar-refractivity contribution is 9.10. The third-order valence-electron chi connectivity index (χ3n) is 3.74. The summed E-state index contributed by atoms with van der Waals surface area (Å²) in [6, 6.07) is 4.13. The van der Waals surface area contributed by atoms with E-state index in [1.54, 1.807) is 0 Å². The van der Waals surface area contributed by atoms with Crippen LogP contribution in [0.4, 0.5) is 5.69 Å². The van der Waals surface area contributed by atoms with Gasteiger partial charge in [0.1, 0.15) is 0 Å². The normalized spacial score (nSPS) is 16.3. The van der Waals surface area contributed by atoms with E-state index in [1.165, 1.54) is 11.1 Å². The number of nitrogens with one attached hydrogen (secondary N) is 1. The number of hydrogen-bond donors (Lipinski definition) is 1. The van der Waals surface area contributed by atoms with Crippen LogP contribution >= 0.6 is 15.9 Å². The second-order valence-electron chi connectivity index (χ2n) is 5.46. The van der Waals surface area contributed by atoms with Crippen molar-refractivity contribution in [3.8, 4) is 0 Å². The molecular formula is C15H22BrN3O. The van der Waals surface area contributed by atoms with Crippen molar-refractivity contribution in [1.29, 1.82) is 0 Å². The van der Waals surface area contributed by atoms with Crippen molar-refractivity contribution in [2.24, 2.45) is 0 Å². The Morgan fingerprint density at radius 1 is 1.20 bits per heavy atom. The van der Waals surface area contributed by atoms with Gasteiger partial charge in [0, 0.05) is 36.3 Å². The Balaban J connectivity index is 1.90. The highest BCUT2D eigenvalue weighted by Gasteiger charge is 2.18. The number of likely N-dealkylation sites (N-methyl/N-ethyl adjacent to an activating group) is 1. The van der Waals surface area contributed by atoms with Gasteiger partial charge in [-0.2, -0.15) is 0 Å². The second kappa shape index (κ2) is 6.59. The lowest BCUT2D eigenvalue weighted by atomic mass is 10.1. The van der Waals surface area contributed by atoms with Gasteiger partial charge in [0.15, 0.2) is 0 Å². The third-order valence-corrected chi connectivity index (χ3v) is 4.99. The number of aryl methyl sites for hydroxylation is 2. The topological polar surface area (TPSA) is 35.6 Å². The number of piperazine rings is 1. The van der Waals surface area contributed by atoms with E-state index in [0.29, 0.717) is 6.54 Å². The quantitative estimate of drug-likeness (QED) is 0.917. The summed E-state index contributed by atoms with van der Waals surface area (Å²) in [5, 5.41) is 3.24. The van der Waals surface area contributed by atoms with Gasteiger partial charge in [-0.15, -0.1) is 0 Å². The van der Waals surface area contributed by atoms with E-state index in [1.807, 2.05) is 4.90 Å². The van der Waals surface area contributed by atoms with Crippen LogP contribution in [-0.2, 0) is 4.79 Å². The minimum atomic E-state index is 0.177. The molecule has 0 spiro atoms. The van der Waals surface area contributed by atoms with Gasteiger partial charge in [0.25, 0.3) is 0 Å². The predicted octanol–water partition coefficient (Wildman–Crippen LogP) is 2.25. The number of halogens is 1. The largest absolute Gasteiger partial charge is 0.376 e. The molecule has 2 rings (SSSR count). The maximum Gasteiger partial charge on any atom is 0.241 e. The Labute approximate surface area is 129 Å². The van der Waals surface area contributed by atoms with Gasteiger partial charge < -0.3 is 15.1 Å². The van der Waals surface area contributed by atoms with Gasteiger partial charge in [0.05, 0.1) is 6.54 Å². The average Bonchev–Trinajstić information content (AvgIpc) is 2.42. The summed E-state index contributed by atoms with van der Waals surface area (Å²) in [5.41, 5.74) is 3.37. The van der Waals surface area contributed by atoms with Crippen LogP contribution in [0.1, 0.15) is 11.1 Å². The van der Waals surface area contributed by atoms with Crippen molar-refractivity contribution in [3.05, 3.63) is 27.7 Å². The molecule has 1 fully saturated rings. The minimum absolute atomic E-state index is 0.177.